The largest absolute Gasteiger partial charge is 0.235 e. The van der Waals surface area contributed by atoms with Gasteiger partial charge in [-0.15, -0.1) is 0 Å². The van der Waals surface area contributed by atoms with Crippen molar-refractivity contribution in [1.29, 1.82) is 0 Å². The molecule has 0 aromatic heterocycles. The van der Waals surface area contributed by atoms with Gasteiger partial charge in [0, 0.05) is 10.2 Å². The molecule has 88 valence electrons. The van der Waals surface area contributed by atoms with Gasteiger partial charge in [0.15, 0.2) is 0 Å². The monoisotopic (exact) mass is 227 g/mol. The highest BCUT2D eigenvalue weighted by Crippen LogP contribution is 2.36. The zero-order valence-corrected chi connectivity index (χ0v) is 12.7. The van der Waals surface area contributed by atoms with Crippen LogP contribution in [0.4, 0.5) is 0 Å². The number of carbonyl (C=O) groups excluding carboxylic acids is 1. The predicted octanol–water partition coefficient (Wildman–Crippen LogP) is 2.62. The Morgan fingerprint density at radius 2 is 1.93 bits per heavy atom. The molecule has 0 saturated carbocycles. The fourth-order valence-corrected chi connectivity index (χ4v) is 2.16. The van der Waals surface area contributed by atoms with Gasteiger partial charge in [-0.05, 0) is 17.9 Å². The van der Waals surface area contributed by atoms with Crippen LogP contribution < -0.4 is 0 Å². The Balaban J connectivity index is 3.90. The molecule has 15 heavy (non-hydrogen) atoms. The highest BCUT2D eigenvalue weighted by molar-refractivity contribution is 6.15. The number of nitrogens with zero attached hydrogens (tertiary/aromatic N) is 1. The number of rotatable bonds is 8. The van der Waals surface area contributed by atoms with Gasteiger partial charge in [-0.25, -0.2) is 9.79 Å². The molecular weight excluding hydrogens is 202 g/mol. The molecule has 0 bridgehead atoms. The molecule has 1 unspecified atom stereocenters. The van der Waals surface area contributed by atoms with Crippen molar-refractivity contribution in [2.45, 2.75) is 70.4 Å². The van der Waals surface area contributed by atoms with Gasteiger partial charge in [0.25, 0.3) is 0 Å². The molecule has 0 radical (unpaired) electrons. The summed E-state index contributed by atoms with van der Waals surface area (Å²) in [6.07, 6.45) is 8.79. The van der Waals surface area contributed by atoms with Crippen molar-refractivity contribution in [2.24, 2.45) is 4.99 Å². The van der Waals surface area contributed by atoms with E-state index < -0.39 is 0 Å². The summed E-state index contributed by atoms with van der Waals surface area (Å²) in [6.45, 7) is 6.66. The fourth-order valence-electron chi connectivity index (χ4n) is 1.80. The van der Waals surface area contributed by atoms with E-state index in [1.54, 1.807) is 6.08 Å². The summed E-state index contributed by atoms with van der Waals surface area (Å²) >= 11 is 0. The Labute approximate surface area is 97.0 Å². The van der Waals surface area contributed by atoms with Gasteiger partial charge in [0.2, 0.25) is 6.08 Å². The minimum absolute atomic E-state index is 0.210. The van der Waals surface area contributed by atoms with E-state index in [-0.39, 0.29) is 6.04 Å². The van der Waals surface area contributed by atoms with Crippen LogP contribution in [0, 0.1) is 0 Å². The molecule has 0 aromatic carbocycles. The predicted molar refractivity (Wildman–Crippen MR) is 69.3 cm³/mol. The second-order valence-corrected chi connectivity index (χ2v) is 6.81. The second-order valence-electron chi connectivity index (χ2n) is 4.69. The van der Waals surface area contributed by atoms with Crippen molar-refractivity contribution in [1.82, 2.24) is 0 Å². The lowest BCUT2D eigenvalue weighted by Gasteiger charge is -2.26. The summed E-state index contributed by atoms with van der Waals surface area (Å²) in [5, 5.41) is 0.614. The molecular formula is C12H25NOSi. The Bertz CT molecular complexity index is 208. The molecule has 1 atom stereocenters. The van der Waals surface area contributed by atoms with E-state index >= 15 is 0 Å². The van der Waals surface area contributed by atoms with E-state index in [4.69, 9.17) is 0 Å². The van der Waals surface area contributed by atoms with Crippen molar-refractivity contribution in [3.63, 3.8) is 0 Å². The van der Waals surface area contributed by atoms with Gasteiger partial charge in [-0.2, -0.15) is 0 Å². The van der Waals surface area contributed by atoms with Crippen LogP contribution in [-0.2, 0) is 4.79 Å². The molecule has 0 rings (SSSR count). The van der Waals surface area contributed by atoms with Crippen LogP contribution in [0.5, 0.6) is 0 Å². The van der Waals surface area contributed by atoms with Crippen LogP contribution in [0.3, 0.4) is 0 Å². The minimum Gasteiger partial charge on any atom is -0.211 e. The first-order valence-corrected chi connectivity index (χ1v) is 7.18. The molecule has 0 N–H and O–H groups in total. The average molecular weight is 227 g/mol. The molecule has 0 saturated heterocycles. The molecule has 0 aliphatic heterocycles. The average Bonchev–Trinajstić information content (AvgIpc) is 2.27. The van der Waals surface area contributed by atoms with Gasteiger partial charge in [0.05, 0.1) is 6.04 Å². The van der Waals surface area contributed by atoms with Crippen LogP contribution in [0.15, 0.2) is 4.99 Å². The maximum atomic E-state index is 10.2. The summed E-state index contributed by atoms with van der Waals surface area (Å²) in [4.78, 5) is 14.0. The molecule has 0 spiro atoms. The summed E-state index contributed by atoms with van der Waals surface area (Å²) in [5.41, 5.74) is 0. The number of isocyanates is 1. The van der Waals surface area contributed by atoms with Gasteiger partial charge >= 0.3 is 0 Å². The summed E-state index contributed by atoms with van der Waals surface area (Å²) < 4.78 is 0. The lowest BCUT2D eigenvalue weighted by molar-refractivity contribution is 0.437. The van der Waals surface area contributed by atoms with Crippen LogP contribution >= 0.6 is 0 Å². The number of hydrogen-bond donors (Lipinski definition) is 0. The summed E-state index contributed by atoms with van der Waals surface area (Å²) in [7, 11) is 1.28. The Morgan fingerprint density at radius 1 is 1.33 bits per heavy atom. The third-order valence-corrected chi connectivity index (χ3v) is 5.65. The van der Waals surface area contributed by atoms with Gasteiger partial charge < -0.3 is 0 Å². The third kappa shape index (κ3) is 5.91. The van der Waals surface area contributed by atoms with Crippen molar-refractivity contribution < 1.29 is 4.79 Å². The molecule has 3 heteroatoms. The summed E-state index contributed by atoms with van der Waals surface area (Å²) in [6, 6.07) is 0.210. The zero-order chi connectivity index (χ0) is 11.7. The SMILES string of the molecule is CCC(CCCC([SiH3])(CC)CC)N=C=O. The third-order valence-electron chi connectivity index (χ3n) is 3.73. The molecule has 2 nitrogen and oxygen atoms in total. The molecule has 0 aromatic rings. The van der Waals surface area contributed by atoms with Crippen LogP contribution in [0.2, 0.25) is 5.04 Å². The minimum atomic E-state index is 0.210. The fraction of sp³-hybridized carbons (Fsp3) is 0.917. The van der Waals surface area contributed by atoms with Gasteiger partial charge in [-0.3, -0.25) is 0 Å². The van der Waals surface area contributed by atoms with E-state index in [2.05, 4.69) is 25.8 Å². The molecule has 0 aliphatic carbocycles. The summed E-state index contributed by atoms with van der Waals surface area (Å²) in [5.74, 6) is 0. The molecule has 0 heterocycles. The van der Waals surface area contributed by atoms with Crippen LogP contribution in [-0.4, -0.2) is 22.4 Å². The standard InChI is InChI=1S/C12H25NOSi/c1-4-11(13-10-14)8-7-9-12(15,5-2)6-3/h11H,4-9H2,1-3,15H3. The molecule has 0 amide bonds. The highest BCUT2D eigenvalue weighted by Gasteiger charge is 2.19. The lowest BCUT2D eigenvalue weighted by Crippen LogP contribution is -2.12. The topological polar surface area (TPSA) is 29.4 Å². The first-order chi connectivity index (χ1) is 7.11. The first kappa shape index (κ1) is 14.6. The number of hydrogen-bond acceptors (Lipinski definition) is 2. The van der Waals surface area contributed by atoms with E-state index in [0.717, 1.165) is 12.8 Å². The van der Waals surface area contributed by atoms with Crippen molar-refractivity contribution >= 4 is 16.3 Å². The van der Waals surface area contributed by atoms with Crippen molar-refractivity contribution in [3.05, 3.63) is 0 Å². The normalized spacial score (nSPS) is 13.5. The van der Waals surface area contributed by atoms with Crippen LogP contribution in [0.25, 0.3) is 0 Å². The molecule has 0 aliphatic rings. The highest BCUT2D eigenvalue weighted by atomic mass is 28.1. The van der Waals surface area contributed by atoms with Gasteiger partial charge in [0.1, 0.15) is 0 Å². The Morgan fingerprint density at radius 3 is 2.33 bits per heavy atom. The van der Waals surface area contributed by atoms with E-state index in [9.17, 15) is 4.79 Å². The van der Waals surface area contributed by atoms with Crippen molar-refractivity contribution in [3.8, 4) is 0 Å². The van der Waals surface area contributed by atoms with Crippen LogP contribution in [0.1, 0.15) is 59.3 Å². The Kier molecular flexibility index (Phi) is 7.62. The van der Waals surface area contributed by atoms with Crippen molar-refractivity contribution in [2.75, 3.05) is 0 Å². The maximum absolute atomic E-state index is 10.2. The van der Waals surface area contributed by atoms with Gasteiger partial charge in [-0.1, -0.05) is 46.5 Å². The smallest absolute Gasteiger partial charge is 0.211 e. The Hall–Kier alpha value is -0.403. The first-order valence-electron chi connectivity index (χ1n) is 6.18. The lowest BCUT2D eigenvalue weighted by atomic mass is 9.93. The van der Waals surface area contributed by atoms with E-state index in [1.807, 2.05) is 0 Å². The number of aliphatic imine (C=N–C) groups is 1. The maximum Gasteiger partial charge on any atom is 0.235 e. The zero-order valence-electron chi connectivity index (χ0n) is 10.7. The quantitative estimate of drug-likeness (QED) is 0.356. The van der Waals surface area contributed by atoms with E-state index in [1.165, 1.54) is 35.9 Å². The second kappa shape index (κ2) is 7.83. The molecule has 0 fully saturated rings. The van der Waals surface area contributed by atoms with E-state index in [0.29, 0.717) is 5.04 Å².